The lowest BCUT2D eigenvalue weighted by Crippen LogP contribution is -2.07. The maximum atomic E-state index is 4.80. The number of benzene rings is 6. The van der Waals surface area contributed by atoms with Crippen LogP contribution in [0.25, 0.3) is 32.7 Å². The first-order valence-electron chi connectivity index (χ1n) is 14.7. The summed E-state index contributed by atoms with van der Waals surface area (Å²) in [7, 11) is 8.11. The summed E-state index contributed by atoms with van der Waals surface area (Å²) in [6.45, 7) is 4.21. The van der Waals surface area contributed by atoms with Crippen LogP contribution < -0.4 is 9.80 Å². The molecule has 6 aromatic carbocycles. The Labute approximate surface area is 259 Å². The molecule has 0 aliphatic heterocycles. The molecule has 0 saturated carbocycles. The van der Waals surface area contributed by atoms with E-state index in [0.717, 1.165) is 77.9 Å². The minimum atomic E-state index is 0.820. The predicted molar refractivity (Wildman–Crippen MR) is 186 cm³/mol. The largest absolute Gasteiger partial charge is 0.378 e. The first-order valence-corrected chi connectivity index (χ1v) is 14.7. The van der Waals surface area contributed by atoms with Crippen LogP contribution in [-0.2, 0) is 0 Å². The Balaban J connectivity index is 1.39. The number of hydrogen-bond acceptors (Lipinski definition) is 6. The number of nitrogens with zero attached hydrogens (tertiary/aromatic N) is 6. The molecule has 0 radical (unpaired) electrons. The molecule has 0 N–H and O–H groups in total. The highest BCUT2D eigenvalue weighted by Gasteiger charge is 2.14. The lowest BCUT2D eigenvalue weighted by atomic mass is 9.92. The van der Waals surface area contributed by atoms with E-state index in [9.17, 15) is 0 Å². The van der Waals surface area contributed by atoms with Gasteiger partial charge in [0.25, 0.3) is 0 Å². The standard InChI is InChI=1S/C38H36N6/c1-25-11-12-28-23-29(13-22-35(28)37(25)41-39-30-14-18-32(19-15-30)43(3)4)36-24-27-9-7-8-10-34(27)38(26(36)2)42-40-31-16-20-33(21-17-31)44(5)6/h7-24H,1-6H3. The second kappa shape index (κ2) is 12.1. The van der Waals surface area contributed by atoms with Gasteiger partial charge >= 0.3 is 0 Å². The smallest absolute Gasteiger partial charge is 0.0970 e. The highest BCUT2D eigenvalue weighted by molar-refractivity contribution is 6.01. The molecule has 6 rings (SSSR count). The van der Waals surface area contributed by atoms with Crippen molar-refractivity contribution >= 4 is 55.7 Å². The molecule has 218 valence electrons. The van der Waals surface area contributed by atoms with Crippen LogP contribution in [0.5, 0.6) is 0 Å². The van der Waals surface area contributed by atoms with Crippen LogP contribution in [0.4, 0.5) is 34.1 Å². The molecule has 0 atom stereocenters. The highest BCUT2D eigenvalue weighted by atomic mass is 15.1. The SMILES string of the molecule is Cc1ccc2cc(-c3cc4ccccc4c(N=Nc4ccc(N(C)C)cc4)c3C)ccc2c1N=Nc1ccc(N(C)C)cc1. The van der Waals surface area contributed by atoms with Crippen molar-refractivity contribution in [3.63, 3.8) is 0 Å². The van der Waals surface area contributed by atoms with Crippen molar-refractivity contribution in [2.45, 2.75) is 13.8 Å². The van der Waals surface area contributed by atoms with E-state index in [2.05, 4.69) is 119 Å². The molecule has 0 amide bonds. The van der Waals surface area contributed by atoms with Crippen molar-refractivity contribution < 1.29 is 0 Å². The fourth-order valence-corrected chi connectivity index (χ4v) is 5.43. The van der Waals surface area contributed by atoms with Crippen LogP contribution in [0.15, 0.2) is 130 Å². The summed E-state index contributed by atoms with van der Waals surface area (Å²) >= 11 is 0. The Morgan fingerprint density at radius 2 is 1.02 bits per heavy atom. The van der Waals surface area contributed by atoms with E-state index in [1.165, 1.54) is 0 Å². The summed E-state index contributed by atoms with van der Waals surface area (Å²) in [5.41, 5.74) is 10.1. The van der Waals surface area contributed by atoms with Crippen molar-refractivity contribution in [1.29, 1.82) is 0 Å². The lowest BCUT2D eigenvalue weighted by molar-refractivity contribution is 1.13. The van der Waals surface area contributed by atoms with E-state index in [-0.39, 0.29) is 0 Å². The quantitative estimate of drug-likeness (QED) is 0.177. The molecular weight excluding hydrogens is 540 g/mol. The zero-order valence-electron chi connectivity index (χ0n) is 26.1. The highest BCUT2D eigenvalue weighted by Crippen LogP contribution is 2.40. The number of hydrogen-bond donors (Lipinski definition) is 0. The number of fused-ring (bicyclic) bond motifs is 2. The minimum Gasteiger partial charge on any atom is -0.378 e. The summed E-state index contributed by atoms with van der Waals surface area (Å²) in [5, 5.41) is 23.1. The Bertz CT molecular complexity index is 2020. The van der Waals surface area contributed by atoms with Crippen molar-refractivity contribution in [3.05, 3.63) is 120 Å². The van der Waals surface area contributed by atoms with Crippen LogP contribution in [0.3, 0.4) is 0 Å². The summed E-state index contributed by atoms with van der Waals surface area (Å²) in [6, 6.07) is 37.7. The Morgan fingerprint density at radius 1 is 0.477 bits per heavy atom. The summed E-state index contributed by atoms with van der Waals surface area (Å²) in [4.78, 5) is 4.14. The minimum absolute atomic E-state index is 0.820. The molecule has 6 aromatic rings. The number of rotatable bonds is 7. The molecule has 0 aliphatic carbocycles. The van der Waals surface area contributed by atoms with E-state index >= 15 is 0 Å². The van der Waals surface area contributed by atoms with Gasteiger partial charge in [-0.2, -0.15) is 10.2 Å². The molecule has 0 aromatic heterocycles. The molecule has 6 nitrogen and oxygen atoms in total. The zero-order chi connectivity index (χ0) is 30.8. The van der Waals surface area contributed by atoms with Crippen LogP contribution >= 0.6 is 0 Å². The average Bonchev–Trinajstić information content (AvgIpc) is 3.04. The molecule has 0 fully saturated rings. The van der Waals surface area contributed by atoms with Gasteiger partial charge < -0.3 is 9.80 Å². The van der Waals surface area contributed by atoms with Gasteiger partial charge in [0, 0.05) is 50.3 Å². The van der Waals surface area contributed by atoms with Gasteiger partial charge in [0.1, 0.15) is 0 Å². The third-order valence-electron chi connectivity index (χ3n) is 8.04. The third-order valence-corrected chi connectivity index (χ3v) is 8.04. The monoisotopic (exact) mass is 576 g/mol. The summed E-state index contributed by atoms with van der Waals surface area (Å²) in [5.74, 6) is 0. The maximum Gasteiger partial charge on any atom is 0.0970 e. The normalized spacial score (nSPS) is 11.7. The first kappa shape index (κ1) is 28.7. The molecular formula is C38H36N6. The fraction of sp³-hybridized carbons (Fsp3) is 0.158. The van der Waals surface area contributed by atoms with Gasteiger partial charge in [0.2, 0.25) is 0 Å². The lowest BCUT2D eigenvalue weighted by Gasteiger charge is -2.14. The van der Waals surface area contributed by atoms with Gasteiger partial charge in [-0.15, -0.1) is 10.2 Å². The Morgan fingerprint density at radius 3 is 1.64 bits per heavy atom. The number of anilines is 2. The number of aryl methyl sites for hydroxylation is 1. The molecule has 0 aliphatic rings. The van der Waals surface area contributed by atoms with Crippen molar-refractivity contribution in [3.8, 4) is 11.1 Å². The van der Waals surface area contributed by atoms with Gasteiger partial charge in [0.15, 0.2) is 0 Å². The average molecular weight is 577 g/mol. The van der Waals surface area contributed by atoms with Crippen molar-refractivity contribution in [1.82, 2.24) is 0 Å². The van der Waals surface area contributed by atoms with E-state index in [1.807, 2.05) is 52.5 Å². The van der Waals surface area contributed by atoms with Crippen molar-refractivity contribution in [2.24, 2.45) is 20.5 Å². The summed E-state index contributed by atoms with van der Waals surface area (Å²) < 4.78 is 0. The predicted octanol–water partition coefficient (Wildman–Crippen LogP) is 11.2. The van der Waals surface area contributed by atoms with Crippen molar-refractivity contribution in [2.75, 3.05) is 38.0 Å². The topological polar surface area (TPSA) is 55.9 Å². The zero-order valence-corrected chi connectivity index (χ0v) is 26.1. The molecule has 0 bridgehead atoms. The Kier molecular flexibility index (Phi) is 7.90. The van der Waals surface area contributed by atoms with Crippen LogP contribution in [0.1, 0.15) is 11.1 Å². The second-order valence-corrected chi connectivity index (χ2v) is 11.5. The van der Waals surface area contributed by atoms with Crippen LogP contribution in [0, 0.1) is 13.8 Å². The molecule has 44 heavy (non-hydrogen) atoms. The van der Waals surface area contributed by atoms with E-state index in [0.29, 0.717) is 0 Å². The van der Waals surface area contributed by atoms with Gasteiger partial charge in [-0.05, 0) is 108 Å². The third kappa shape index (κ3) is 5.79. The van der Waals surface area contributed by atoms with E-state index in [1.54, 1.807) is 0 Å². The second-order valence-electron chi connectivity index (χ2n) is 11.5. The van der Waals surface area contributed by atoms with E-state index in [4.69, 9.17) is 10.2 Å². The summed E-state index contributed by atoms with van der Waals surface area (Å²) in [6.07, 6.45) is 0. The molecule has 0 heterocycles. The van der Waals surface area contributed by atoms with Gasteiger partial charge in [-0.1, -0.05) is 48.5 Å². The number of azo groups is 2. The first-order chi connectivity index (χ1) is 21.3. The van der Waals surface area contributed by atoms with Crippen LogP contribution in [-0.4, -0.2) is 28.2 Å². The van der Waals surface area contributed by atoms with Gasteiger partial charge in [0.05, 0.1) is 22.7 Å². The van der Waals surface area contributed by atoms with Gasteiger partial charge in [-0.3, -0.25) is 0 Å². The van der Waals surface area contributed by atoms with Gasteiger partial charge in [-0.25, -0.2) is 0 Å². The molecule has 0 unspecified atom stereocenters. The maximum absolute atomic E-state index is 4.80. The fourth-order valence-electron chi connectivity index (χ4n) is 5.43. The molecule has 0 spiro atoms. The molecule has 0 saturated heterocycles. The molecule has 6 heteroatoms. The van der Waals surface area contributed by atoms with E-state index < -0.39 is 0 Å². The van der Waals surface area contributed by atoms with Crippen LogP contribution in [0.2, 0.25) is 0 Å². The Hall–Kier alpha value is -5.36.